The fraction of sp³-hybridized carbons (Fsp3) is 0.312. The van der Waals surface area contributed by atoms with E-state index >= 15 is 0 Å². The molecule has 1 aliphatic heterocycles. The average molecular weight is 267 g/mol. The van der Waals surface area contributed by atoms with Gasteiger partial charge in [-0.3, -0.25) is 4.79 Å². The summed E-state index contributed by atoms with van der Waals surface area (Å²) >= 11 is 0. The minimum atomic E-state index is 0.339. The number of rotatable bonds is 2. The Balaban J connectivity index is 1.79. The third-order valence-electron chi connectivity index (χ3n) is 3.61. The fourth-order valence-corrected chi connectivity index (χ4v) is 2.44. The molecule has 4 heteroatoms. The summed E-state index contributed by atoms with van der Waals surface area (Å²) in [6.07, 6.45) is 1.22. The van der Waals surface area contributed by atoms with Crippen molar-refractivity contribution in [2.75, 3.05) is 18.0 Å². The Bertz CT molecular complexity index is 612. The molecule has 4 nitrogen and oxygen atoms in total. The number of carbonyl (C=O) groups excluding carboxylic acids is 1. The first-order valence-corrected chi connectivity index (χ1v) is 6.90. The smallest absolute Gasteiger partial charge is 0.151 e. The van der Waals surface area contributed by atoms with Gasteiger partial charge in [0.2, 0.25) is 0 Å². The molecule has 1 saturated heterocycles. The quantitative estimate of drug-likeness (QED) is 0.839. The maximum atomic E-state index is 11.2. The highest BCUT2D eigenvalue weighted by Crippen LogP contribution is 2.20. The van der Waals surface area contributed by atoms with Crippen LogP contribution in [-0.4, -0.2) is 29.1 Å². The molecule has 0 atom stereocenters. The van der Waals surface area contributed by atoms with Crippen LogP contribution in [0.5, 0.6) is 0 Å². The molecule has 20 heavy (non-hydrogen) atoms. The molecule has 0 radical (unpaired) electrons. The van der Waals surface area contributed by atoms with Crippen molar-refractivity contribution in [2.24, 2.45) is 0 Å². The number of Topliss-reactive ketones (excluding diaryl/α,β-unsaturated/α-hetero) is 1. The van der Waals surface area contributed by atoms with Crippen molar-refractivity contribution in [1.82, 2.24) is 10.2 Å². The molecule has 0 bridgehead atoms. The van der Waals surface area contributed by atoms with Crippen LogP contribution >= 0.6 is 0 Å². The molecule has 0 amide bonds. The van der Waals surface area contributed by atoms with Crippen LogP contribution in [0.15, 0.2) is 36.4 Å². The first-order valence-electron chi connectivity index (χ1n) is 6.90. The second-order valence-electron chi connectivity index (χ2n) is 5.17. The van der Waals surface area contributed by atoms with Gasteiger partial charge in [-0.15, -0.1) is 10.2 Å². The molecule has 0 aliphatic carbocycles. The van der Waals surface area contributed by atoms with Gasteiger partial charge in [-0.2, -0.15) is 0 Å². The number of aromatic nitrogens is 2. The largest absolute Gasteiger partial charge is 0.354 e. The minimum absolute atomic E-state index is 0.339. The molecule has 3 rings (SSSR count). The third-order valence-corrected chi connectivity index (χ3v) is 3.61. The zero-order valence-corrected chi connectivity index (χ0v) is 11.5. The van der Waals surface area contributed by atoms with Gasteiger partial charge < -0.3 is 4.90 Å². The number of anilines is 1. The van der Waals surface area contributed by atoms with Crippen molar-refractivity contribution in [3.05, 3.63) is 42.0 Å². The van der Waals surface area contributed by atoms with Crippen LogP contribution in [0.4, 0.5) is 5.82 Å². The molecule has 2 heterocycles. The number of ketones is 1. The summed E-state index contributed by atoms with van der Waals surface area (Å²) < 4.78 is 0. The number of aryl methyl sites for hydroxylation is 1. The first kappa shape index (κ1) is 12.8. The van der Waals surface area contributed by atoms with Crippen LogP contribution in [0, 0.1) is 6.92 Å². The zero-order valence-electron chi connectivity index (χ0n) is 11.5. The summed E-state index contributed by atoms with van der Waals surface area (Å²) in [6, 6.07) is 12.2. The van der Waals surface area contributed by atoms with Crippen LogP contribution in [0.2, 0.25) is 0 Å². The van der Waals surface area contributed by atoms with Gasteiger partial charge in [0.25, 0.3) is 0 Å². The van der Waals surface area contributed by atoms with Gasteiger partial charge in [0, 0.05) is 31.5 Å². The van der Waals surface area contributed by atoms with Crippen molar-refractivity contribution in [1.29, 1.82) is 0 Å². The van der Waals surface area contributed by atoms with E-state index in [-0.39, 0.29) is 0 Å². The number of hydrogen-bond donors (Lipinski definition) is 0. The van der Waals surface area contributed by atoms with Gasteiger partial charge in [-0.1, -0.05) is 23.8 Å². The van der Waals surface area contributed by atoms with Crippen molar-refractivity contribution < 1.29 is 4.79 Å². The van der Waals surface area contributed by atoms with Gasteiger partial charge in [-0.25, -0.2) is 0 Å². The Morgan fingerprint density at radius 1 is 1.05 bits per heavy atom. The zero-order chi connectivity index (χ0) is 13.9. The third kappa shape index (κ3) is 2.69. The van der Waals surface area contributed by atoms with Gasteiger partial charge >= 0.3 is 0 Å². The second kappa shape index (κ2) is 5.41. The Morgan fingerprint density at radius 2 is 1.85 bits per heavy atom. The minimum Gasteiger partial charge on any atom is -0.354 e. The van der Waals surface area contributed by atoms with E-state index in [0.717, 1.165) is 30.2 Å². The van der Waals surface area contributed by atoms with Crippen molar-refractivity contribution in [3.63, 3.8) is 0 Å². The Hall–Kier alpha value is -2.23. The highest BCUT2D eigenvalue weighted by molar-refractivity contribution is 5.80. The molecule has 0 N–H and O–H groups in total. The molecular weight excluding hydrogens is 250 g/mol. The lowest BCUT2D eigenvalue weighted by atomic mass is 10.1. The van der Waals surface area contributed by atoms with Crippen LogP contribution in [-0.2, 0) is 4.79 Å². The van der Waals surface area contributed by atoms with Gasteiger partial charge in [0.1, 0.15) is 5.78 Å². The molecule has 0 spiro atoms. The molecule has 0 saturated carbocycles. The van der Waals surface area contributed by atoms with E-state index in [1.54, 1.807) is 0 Å². The summed E-state index contributed by atoms with van der Waals surface area (Å²) in [7, 11) is 0. The molecule has 2 aromatic rings. The lowest BCUT2D eigenvalue weighted by Gasteiger charge is -2.26. The van der Waals surface area contributed by atoms with E-state index in [1.165, 1.54) is 5.56 Å². The molecule has 1 aliphatic rings. The molecule has 1 aromatic carbocycles. The number of carbonyl (C=O) groups is 1. The summed E-state index contributed by atoms with van der Waals surface area (Å²) in [5.41, 5.74) is 3.17. The number of nitrogens with zero attached hydrogens (tertiary/aromatic N) is 3. The van der Waals surface area contributed by atoms with E-state index in [2.05, 4.69) is 34.2 Å². The maximum absolute atomic E-state index is 11.2. The second-order valence-corrected chi connectivity index (χ2v) is 5.17. The van der Waals surface area contributed by atoms with Gasteiger partial charge in [-0.05, 0) is 25.1 Å². The number of hydrogen-bond acceptors (Lipinski definition) is 4. The topological polar surface area (TPSA) is 46.1 Å². The van der Waals surface area contributed by atoms with Crippen LogP contribution in [0.1, 0.15) is 18.4 Å². The Labute approximate surface area is 118 Å². The number of piperidine rings is 1. The van der Waals surface area contributed by atoms with Gasteiger partial charge in [0.15, 0.2) is 5.82 Å². The highest BCUT2D eigenvalue weighted by Gasteiger charge is 2.17. The summed E-state index contributed by atoms with van der Waals surface area (Å²) in [5.74, 6) is 1.19. The first-order chi connectivity index (χ1) is 9.72. The molecule has 102 valence electrons. The SMILES string of the molecule is Cc1cccc(-c2ccc(N3CCC(=O)CC3)nn2)c1. The van der Waals surface area contributed by atoms with E-state index in [9.17, 15) is 4.79 Å². The van der Waals surface area contributed by atoms with E-state index in [0.29, 0.717) is 18.6 Å². The average Bonchev–Trinajstić information content (AvgIpc) is 2.48. The Kier molecular flexibility index (Phi) is 3.46. The lowest BCUT2D eigenvalue weighted by Crippen LogP contribution is -2.34. The highest BCUT2D eigenvalue weighted by atomic mass is 16.1. The van der Waals surface area contributed by atoms with Crippen LogP contribution < -0.4 is 4.90 Å². The predicted molar refractivity (Wildman–Crippen MR) is 78.7 cm³/mol. The Morgan fingerprint density at radius 3 is 2.50 bits per heavy atom. The van der Waals surface area contributed by atoms with Crippen LogP contribution in [0.3, 0.4) is 0 Å². The predicted octanol–water partition coefficient (Wildman–Crippen LogP) is 2.62. The summed E-state index contributed by atoms with van der Waals surface area (Å²) in [4.78, 5) is 13.4. The van der Waals surface area contributed by atoms with Crippen LogP contribution in [0.25, 0.3) is 11.3 Å². The maximum Gasteiger partial charge on any atom is 0.151 e. The molecule has 1 fully saturated rings. The van der Waals surface area contributed by atoms with E-state index in [1.807, 2.05) is 24.3 Å². The standard InChI is InChI=1S/C16H17N3O/c1-12-3-2-4-13(11-12)15-5-6-16(18-17-15)19-9-7-14(20)8-10-19/h2-6,11H,7-10H2,1H3. The lowest BCUT2D eigenvalue weighted by molar-refractivity contribution is -0.119. The van der Waals surface area contributed by atoms with Crippen molar-refractivity contribution in [3.8, 4) is 11.3 Å². The van der Waals surface area contributed by atoms with Crippen molar-refractivity contribution >= 4 is 11.6 Å². The normalized spacial score (nSPS) is 15.4. The molecule has 1 aromatic heterocycles. The monoisotopic (exact) mass is 267 g/mol. The summed E-state index contributed by atoms with van der Waals surface area (Å²) in [6.45, 7) is 3.56. The summed E-state index contributed by atoms with van der Waals surface area (Å²) in [5, 5.41) is 8.61. The fourth-order valence-electron chi connectivity index (χ4n) is 2.44. The van der Waals surface area contributed by atoms with Gasteiger partial charge in [0.05, 0.1) is 5.69 Å². The van der Waals surface area contributed by atoms with E-state index < -0.39 is 0 Å². The molecule has 0 unspecified atom stereocenters. The number of benzene rings is 1. The van der Waals surface area contributed by atoms with Crippen molar-refractivity contribution in [2.45, 2.75) is 19.8 Å². The molecular formula is C16H17N3O. The van der Waals surface area contributed by atoms with E-state index in [4.69, 9.17) is 0 Å².